The standard InChI is InChI=1S/C13H26N2O/c1-11-9-15(10-12(2)16-11)8-7-14-13-5-3-4-6-13/h11-14H,3-10H2,1-2H3/t11-,12-/m1/s1. The van der Waals surface area contributed by atoms with E-state index in [1.165, 1.54) is 32.2 Å². The van der Waals surface area contributed by atoms with E-state index in [-0.39, 0.29) is 0 Å². The minimum Gasteiger partial charge on any atom is -0.373 e. The quantitative estimate of drug-likeness (QED) is 0.788. The van der Waals surface area contributed by atoms with Crippen molar-refractivity contribution in [2.75, 3.05) is 26.2 Å². The first-order chi connectivity index (χ1) is 7.74. The molecule has 2 rings (SSSR count). The Morgan fingerprint density at radius 2 is 1.75 bits per heavy atom. The molecule has 1 aliphatic heterocycles. The fourth-order valence-corrected chi connectivity index (χ4v) is 3.02. The minimum atomic E-state index is 0.398. The Bertz CT molecular complexity index is 194. The van der Waals surface area contributed by atoms with E-state index in [0.29, 0.717) is 12.2 Å². The van der Waals surface area contributed by atoms with Gasteiger partial charge in [-0.25, -0.2) is 0 Å². The van der Waals surface area contributed by atoms with Gasteiger partial charge in [0.2, 0.25) is 0 Å². The number of ether oxygens (including phenoxy) is 1. The van der Waals surface area contributed by atoms with Gasteiger partial charge in [0.1, 0.15) is 0 Å². The van der Waals surface area contributed by atoms with Crippen LogP contribution in [0.3, 0.4) is 0 Å². The third kappa shape index (κ3) is 3.72. The number of nitrogens with zero attached hydrogens (tertiary/aromatic N) is 1. The molecule has 2 aliphatic rings. The molecule has 1 heterocycles. The van der Waals surface area contributed by atoms with Gasteiger partial charge in [0.05, 0.1) is 12.2 Å². The molecule has 1 saturated heterocycles. The van der Waals surface area contributed by atoms with Crippen LogP contribution in [0.15, 0.2) is 0 Å². The molecule has 0 aromatic carbocycles. The smallest absolute Gasteiger partial charge is 0.0678 e. The lowest BCUT2D eigenvalue weighted by Gasteiger charge is -2.35. The van der Waals surface area contributed by atoms with E-state index < -0.39 is 0 Å². The average Bonchev–Trinajstić information content (AvgIpc) is 2.69. The first-order valence-corrected chi connectivity index (χ1v) is 6.85. The van der Waals surface area contributed by atoms with Gasteiger partial charge in [-0.3, -0.25) is 4.90 Å². The van der Waals surface area contributed by atoms with Crippen LogP contribution in [0.1, 0.15) is 39.5 Å². The highest BCUT2D eigenvalue weighted by Crippen LogP contribution is 2.17. The second-order valence-electron chi connectivity index (χ2n) is 5.45. The Morgan fingerprint density at radius 1 is 1.12 bits per heavy atom. The van der Waals surface area contributed by atoms with Crippen molar-refractivity contribution in [2.24, 2.45) is 0 Å². The van der Waals surface area contributed by atoms with E-state index >= 15 is 0 Å². The van der Waals surface area contributed by atoms with E-state index in [4.69, 9.17) is 4.74 Å². The predicted molar refractivity (Wildman–Crippen MR) is 66.7 cm³/mol. The Morgan fingerprint density at radius 3 is 2.38 bits per heavy atom. The van der Waals surface area contributed by atoms with Gasteiger partial charge in [-0.2, -0.15) is 0 Å². The van der Waals surface area contributed by atoms with Gasteiger partial charge in [-0.1, -0.05) is 12.8 Å². The largest absolute Gasteiger partial charge is 0.373 e. The zero-order valence-electron chi connectivity index (χ0n) is 10.7. The van der Waals surface area contributed by atoms with Crippen molar-refractivity contribution in [1.29, 1.82) is 0 Å². The van der Waals surface area contributed by atoms with Gasteiger partial charge in [-0.05, 0) is 26.7 Å². The van der Waals surface area contributed by atoms with Crippen LogP contribution in [-0.2, 0) is 4.74 Å². The zero-order valence-corrected chi connectivity index (χ0v) is 10.7. The van der Waals surface area contributed by atoms with Crippen molar-refractivity contribution in [1.82, 2.24) is 10.2 Å². The van der Waals surface area contributed by atoms with Gasteiger partial charge in [-0.15, -0.1) is 0 Å². The van der Waals surface area contributed by atoms with Crippen LogP contribution in [0, 0.1) is 0 Å². The highest BCUT2D eigenvalue weighted by atomic mass is 16.5. The Kier molecular flexibility index (Phi) is 4.62. The number of hydrogen-bond donors (Lipinski definition) is 1. The van der Waals surface area contributed by atoms with Crippen molar-refractivity contribution in [3.05, 3.63) is 0 Å². The van der Waals surface area contributed by atoms with Gasteiger partial charge < -0.3 is 10.1 Å². The van der Waals surface area contributed by atoms with Crippen molar-refractivity contribution < 1.29 is 4.74 Å². The maximum absolute atomic E-state index is 5.73. The van der Waals surface area contributed by atoms with Crippen LogP contribution in [-0.4, -0.2) is 49.3 Å². The fraction of sp³-hybridized carbons (Fsp3) is 1.00. The van der Waals surface area contributed by atoms with E-state index in [1.54, 1.807) is 0 Å². The topological polar surface area (TPSA) is 24.5 Å². The first kappa shape index (κ1) is 12.3. The van der Waals surface area contributed by atoms with E-state index in [9.17, 15) is 0 Å². The van der Waals surface area contributed by atoms with Gasteiger partial charge in [0.15, 0.2) is 0 Å². The van der Waals surface area contributed by atoms with Gasteiger partial charge in [0, 0.05) is 32.2 Å². The number of hydrogen-bond acceptors (Lipinski definition) is 3. The number of morpholine rings is 1. The second-order valence-corrected chi connectivity index (χ2v) is 5.45. The third-order valence-corrected chi connectivity index (χ3v) is 3.71. The molecule has 16 heavy (non-hydrogen) atoms. The van der Waals surface area contributed by atoms with Crippen LogP contribution >= 0.6 is 0 Å². The SMILES string of the molecule is C[C@@H]1CN(CCNC2CCCC2)C[C@@H](C)O1. The first-order valence-electron chi connectivity index (χ1n) is 6.85. The van der Waals surface area contributed by atoms with E-state index in [0.717, 1.165) is 25.7 Å². The summed E-state index contributed by atoms with van der Waals surface area (Å²) in [5.74, 6) is 0. The molecule has 0 unspecified atom stereocenters. The van der Waals surface area contributed by atoms with Crippen LogP contribution < -0.4 is 5.32 Å². The van der Waals surface area contributed by atoms with Crippen LogP contribution in [0.25, 0.3) is 0 Å². The Balaban J connectivity index is 1.61. The molecule has 3 heteroatoms. The average molecular weight is 226 g/mol. The molecule has 0 radical (unpaired) electrons. The van der Waals surface area contributed by atoms with Crippen LogP contribution in [0.4, 0.5) is 0 Å². The van der Waals surface area contributed by atoms with E-state index in [2.05, 4.69) is 24.1 Å². The molecule has 0 aromatic heterocycles. The number of rotatable bonds is 4. The lowest BCUT2D eigenvalue weighted by Crippen LogP contribution is -2.48. The summed E-state index contributed by atoms with van der Waals surface area (Å²) in [4.78, 5) is 2.53. The summed E-state index contributed by atoms with van der Waals surface area (Å²) in [6, 6.07) is 0.802. The summed E-state index contributed by atoms with van der Waals surface area (Å²) >= 11 is 0. The van der Waals surface area contributed by atoms with Gasteiger partial charge >= 0.3 is 0 Å². The highest BCUT2D eigenvalue weighted by Gasteiger charge is 2.22. The molecule has 94 valence electrons. The molecule has 1 aliphatic carbocycles. The van der Waals surface area contributed by atoms with Gasteiger partial charge in [0.25, 0.3) is 0 Å². The normalized spacial score (nSPS) is 33.4. The van der Waals surface area contributed by atoms with Crippen molar-refractivity contribution in [3.8, 4) is 0 Å². The number of nitrogens with one attached hydrogen (secondary N) is 1. The third-order valence-electron chi connectivity index (χ3n) is 3.71. The molecule has 3 nitrogen and oxygen atoms in total. The summed E-state index contributed by atoms with van der Waals surface area (Å²) in [6.45, 7) is 8.85. The minimum absolute atomic E-state index is 0.398. The molecular weight excluding hydrogens is 200 g/mol. The molecule has 2 fully saturated rings. The molecule has 1 saturated carbocycles. The highest BCUT2D eigenvalue weighted by molar-refractivity contribution is 4.76. The zero-order chi connectivity index (χ0) is 11.4. The summed E-state index contributed by atoms with van der Waals surface area (Å²) in [5.41, 5.74) is 0. The van der Waals surface area contributed by atoms with Crippen LogP contribution in [0.5, 0.6) is 0 Å². The lowest BCUT2D eigenvalue weighted by atomic mass is 10.2. The molecular formula is C13H26N2O. The summed E-state index contributed by atoms with van der Waals surface area (Å²) < 4.78 is 5.73. The Labute approximate surface area is 99.5 Å². The Hall–Kier alpha value is -0.120. The maximum atomic E-state index is 5.73. The summed E-state index contributed by atoms with van der Waals surface area (Å²) in [7, 11) is 0. The predicted octanol–water partition coefficient (Wildman–Crippen LogP) is 1.63. The monoisotopic (exact) mass is 226 g/mol. The van der Waals surface area contributed by atoms with E-state index in [1.807, 2.05) is 0 Å². The molecule has 1 N–H and O–H groups in total. The second kappa shape index (κ2) is 5.99. The molecule has 0 amide bonds. The molecule has 2 atom stereocenters. The van der Waals surface area contributed by atoms with Crippen molar-refractivity contribution >= 4 is 0 Å². The van der Waals surface area contributed by atoms with Crippen LogP contribution in [0.2, 0.25) is 0 Å². The van der Waals surface area contributed by atoms with Crippen molar-refractivity contribution in [3.63, 3.8) is 0 Å². The van der Waals surface area contributed by atoms with Crippen molar-refractivity contribution in [2.45, 2.75) is 57.8 Å². The lowest BCUT2D eigenvalue weighted by molar-refractivity contribution is -0.0675. The molecule has 0 aromatic rings. The molecule has 0 spiro atoms. The summed E-state index contributed by atoms with van der Waals surface area (Å²) in [6.07, 6.45) is 6.41. The fourth-order valence-electron chi connectivity index (χ4n) is 3.02. The molecule has 0 bridgehead atoms. The maximum Gasteiger partial charge on any atom is 0.0678 e. The summed E-state index contributed by atoms with van der Waals surface area (Å²) in [5, 5.41) is 3.68.